The summed E-state index contributed by atoms with van der Waals surface area (Å²) in [5.74, 6) is 0.820. The van der Waals surface area contributed by atoms with Gasteiger partial charge in [0.25, 0.3) is 0 Å². The predicted molar refractivity (Wildman–Crippen MR) is 70.9 cm³/mol. The van der Waals surface area contributed by atoms with E-state index < -0.39 is 0 Å². The van der Waals surface area contributed by atoms with Crippen LogP contribution in [-0.2, 0) is 0 Å². The highest BCUT2D eigenvalue weighted by Gasteiger charge is 2.13. The van der Waals surface area contributed by atoms with Crippen molar-refractivity contribution in [2.45, 2.75) is 19.8 Å². The zero-order valence-corrected chi connectivity index (χ0v) is 10.7. The summed E-state index contributed by atoms with van der Waals surface area (Å²) in [7, 11) is 0. The lowest BCUT2D eigenvalue weighted by Gasteiger charge is -2.08. The van der Waals surface area contributed by atoms with Crippen LogP contribution in [0.4, 0.5) is 0 Å². The molecule has 0 spiro atoms. The van der Waals surface area contributed by atoms with Crippen LogP contribution in [0.15, 0.2) is 35.4 Å². The smallest absolute Gasteiger partial charge is 0.264 e. The third kappa shape index (κ3) is 1.91. The molecule has 0 aliphatic carbocycles. The Labute approximate surface area is 109 Å². The van der Waals surface area contributed by atoms with Crippen molar-refractivity contribution in [2.24, 2.45) is 0 Å². The Kier molecular flexibility index (Phi) is 2.63. The molecule has 0 aliphatic rings. The van der Waals surface area contributed by atoms with Gasteiger partial charge in [-0.1, -0.05) is 13.8 Å². The molecule has 0 saturated heterocycles. The van der Waals surface area contributed by atoms with Crippen LogP contribution in [0, 0.1) is 0 Å². The molecule has 0 bridgehead atoms. The maximum Gasteiger partial charge on any atom is 0.349 e. The monoisotopic (exact) mass is 255 g/mol. The summed E-state index contributed by atoms with van der Waals surface area (Å²) < 4.78 is 1.46. The molecule has 0 saturated carbocycles. The van der Waals surface area contributed by atoms with Crippen LogP contribution in [0.3, 0.4) is 0 Å². The molecular formula is C13H13N5O. The molecule has 3 heterocycles. The van der Waals surface area contributed by atoms with Gasteiger partial charge in [0.1, 0.15) is 0 Å². The third-order valence-electron chi connectivity index (χ3n) is 2.93. The molecule has 6 heteroatoms. The van der Waals surface area contributed by atoms with E-state index in [1.54, 1.807) is 12.4 Å². The van der Waals surface area contributed by atoms with Gasteiger partial charge in [-0.25, -0.2) is 19.3 Å². The van der Waals surface area contributed by atoms with E-state index in [-0.39, 0.29) is 11.6 Å². The van der Waals surface area contributed by atoms with Gasteiger partial charge in [0, 0.05) is 29.7 Å². The van der Waals surface area contributed by atoms with Crippen molar-refractivity contribution < 1.29 is 0 Å². The summed E-state index contributed by atoms with van der Waals surface area (Å²) in [6.45, 7) is 4.10. The zero-order chi connectivity index (χ0) is 13.4. The average Bonchev–Trinajstić information content (AvgIpc) is 2.80. The number of hydrogen-bond acceptors (Lipinski definition) is 4. The second kappa shape index (κ2) is 4.31. The van der Waals surface area contributed by atoms with E-state index in [4.69, 9.17) is 0 Å². The molecule has 0 radical (unpaired) electrons. The van der Waals surface area contributed by atoms with Crippen molar-refractivity contribution in [3.63, 3.8) is 0 Å². The lowest BCUT2D eigenvalue weighted by Crippen LogP contribution is -2.14. The van der Waals surface area contributed by atoms with E-state index >= 15 is 0 Å². The summed E-state index contributed by atoms with van der Waals surface area (Å²) in [6.07, 6.45) is 3.37. The average molecular weight is 255 g/mol. The summed E-state index contributed by atoms with van der Waals surface area (Å²) in [4.78, 5) is 20.5. The highest BCUT2D eigenvalue weighted by atomic mass is 16.1. The van der Waals surface area contributed by atoms with E-state index in [0.29, 0.717) is 11.5 Å². The summed E-state index contributed by atoms with van der Waals surface area (Å²) in [5, 5.41) is 6.46. The molecule has 3 aromatic rings. The second-order valence-electron chi connectivity index (χ2n) is 4.62. The van der Waals surface area contributed by atoms with Crippen molar-refractivity contribution in [1.29, 1.82) is 0 Å². The van der Waals surface area contributed by atoms with E-state index in [0.717, 1.165) is 11.3 Å². The maximum atomic E-state index is 11.8. The maximum absolute atomic E-state index is 11.8. The van der Waals surface area contributed by atoms with Crippen LogP contribution in [0.25, 0.3) is 17.0 Å². The van der Waals surface area contributed by atoms with Gasteiger partial charge in [0.2, 0.25) is 0 Å². The van der Waals surface area contributed by atoms with E-state index in [2.05, 4.69) is 34.0 Å². The Hall–Kier alpha value is -2.50. The molecule has 0 unspecified atom stereocenters. The number of hydrogen-bond donors (Lipinski definition) is 1. The largest absolute Gasteiger partial charge is 0.349 e. The van der Waals surface area contributed by atoms with Gasteiger partial charge in [-0.2, -0.15) is 5.10 Å². The number of pyridine rings is 1. The molecular weight excluding hydrogens is 242 g/mol. The first kappa shape index (κ1) is 11.6. The number of aromatic amines is 1. The van der Waals surface area contributed by atoms with Crippen LogP contribution in [0.1, 0.15) is 25.5 Å². The van der Waals surface area contributed by atoms with Gasteiger partial charge >= 0.3 is 5.69 Å². The number of nitrogens with zero attached hydrogens (tertiary/aromatic N) is 4. The number of rotatable bonds is 2. The standard InChI is InChI=1S/C13H13N5O/c1-8(2)10-6-11-16-17-13(19)18(11)12(15-10)9-4-3-5-14-7-9/h3-8H,1-2H3,(H,17,19). The van der Waals surface area contributed by atoms with E-state index in [9.17, 15) is 4.79 Å². The minimum absolute atomic E-state index is 0.257. The van der Waals surface area contributed by atoms with Gasteiger partial charge in [-0.15, -0.1) is 0 Å². The molecule has 96 valence electrons. The lowest BCUT2D eigenvalue weighted by atomic mass is 10.1. The Morgan fingerprint density at radius 3 is 2.89 bits per heavy atom. The van der Waals surface area contributed by atoms with E-state index in [1.807, 2.05) is 18.2 Å². The number of nitrogens with one attached hydrogen (secondary N) is 1. The summed E-state index contributed by atoms with van der Waals surface area (Å²) in [6, 6.07) is 5.51. The number of aromatic nitrogens is 5. The Balaban J connectivity index is 2.38. The van der Waals surface area contributed by atoms with Crippen LogP contribution >= 0.6 is 0 Å². The molecule has 3 aromatic heterocycles. The lowest BCUT2D eigenvalue weighted by molar-refractivity contribution is 0.813. The Bertz CT molecular complexity index is 773. The fourth-order valence-electron chi connectivity index (χ4n) is 1.93. The van der Waals surface area contributed by atoms with Crippen LogP contribution in [0.5, 0.6) is 0 Å². The molecule has 6 nitrogen and oxygen atoms in total. The minimum Gasteiger partial charge on any atom is -0.264 e. The van der Waals surface area contributed by atoms with Crippen molar-refractivity contribution in [3.8, 4) is 11.4 Å². The number of H-pyrrole nitrogens is 1. The normalized spacial score (nSPS) is 11.3. The summed E-state index contributed by atoms with van der Waals surface area (Å²) in [5.41, 5.74) is 1.96. The molecule has 1 N–H and O–H groups in total. The van der Waals surface area contributed by atoms with Crippen LogP contribution in [0.2, 0.25) is 0 Å². The predicted octanol–water partition coefficient (Wildman–Crippen LogP) is 1.60. The van der Waals surface area contributed by atoms with Crippen molar-refractivity contribution in [1.82, 2.24) is 24.6 Å². The zero-order valence-electron chi connectivity index (χ0n) is 10.7. The Morgan fingerprint density at radius 2 is 2.21 bits per heavy atom. The Morgan fingerprint density at radius 1 is 1.37 bits per heavy atom. The van der Waals surface area contributed by atoms with Gasteiger partial charge in [0.15, 0.2) is 11.5 Å². The fraction of sp³-hybridized carbons (Fsp3) is 0.231. The molecule has 3 rings (SSSR count). The van der Waals surface area contributed by atoms with Gasteiger partial charge in [0.05, 0.1) is 0 Å². The third-order valence-corrected chi connectivity index (χ3v) is 2.93. The fourth-order valence-corrected chi connectivity index (χ4v) is 1.93. The topological polar surface area (TPSA) is 75.9 Å². The van der Waals surface area contributed by atoms with Crippen molar-refractivity contribution in [2.75, 3.05) is 0 Å². The highest BCUT2D eigenvalue weighted by Crippen LogP contribution is 2.20. The van der Waals surface area contributed by atoms with Gasteiger partial charge in [-0.05, 0) is 18.1 Å². The van der Waals surface area contributed by atoms with E-state index in [1.165, 1.54) is 4.40 Å². The van der Waals surface area contributed by atoms with Crippen LogP contribution < -0.4 is 5.69 Å². The molecule has 19 heavy (non-hydrogen) atoms. The first-order chi connectivity index (χ1) is 9.16. The minimum atomic E-state index is -0.295. The molecule has 0 aromatic carbocycles. The van der Waals surface area contributed by atoms with Crippen molar-refractivity contribution >= 4 is 5.65 Å². The SMILES string of the molecule is CC(C)c1cc2n[nH]c(=O)n2c(-c2cccnc2)n1. The first-order valence-electron chi connectivity index (χ1n) is 6.05. The molecule has 0 aliphatic heterocycles. The second-order valence-corrected chi connectivity index (χ2v) is 4.62. The number of fused-ring (bicyclic) bond motifs is 1. The van der Waals surface area contributed by atoms with Crippen molar-refractivity contribution in [3.05, 3.63) is 46.8 Å². The highest BCUT2D eigenvalue weighted by molar-refractivity contribution is 5.58. The molecule has 0 fully saturated rings. The van der Waals surface area contributed by atoms with Crippen LogP contribution in [-0.4, -0.2) is 24.6 Å². The van der Waals surface area contributed by atoms with Gasteiger partial charge in [-0.3, -0.25) is 4.98 Å². The molecule has 0 amide bonds. The summed E-state index contributed by atoms with van der Waals surface area (Å²) >= 11 is 0. The quantitative estimate of drug-likeness (QED) is 0.754. The molecule has 0 atom stereocenters. The first-order valence-corrected chi connectivity index (χ1v) is 6.05. The van der Waals surface area contributed by atoms with Gasteiger partial charge < -0.3 is 0 Å².